The number of rotatable bonds is 2. The van der Waals surface area contributed by atoms with Crippen LogP contribution in [0.25, 0.3) is 0 Å². The fourth-order valence-electron chi connectivity index (χ4n) is 3.71. The first-order chi connectivity index (χ1) is 12.4. The van der Waals surface area contributed by atoms with Gasteiger partial charge in [-0.25, -0.2) is 0 Å². The SMILES string of the molecule is CC(C)(C)P(Cl)C1CCCCC1.CC(C)(C)P(Cl)C1CCCCC1.[Cl][Pd][Cl]. The Morgan fingerprint density at radius 2 is 0.815 bits per heavy atom. The Labute approximate surface area is 198 Å². The van der Waals surface area contributed by atoms with Crippen molar-refractivity contribution in [1.82, 2.24) is 0 Å². The van der Waals surface area contributed by atoms with Crippen LogP contribution in [-0.4, -0.2) is 21.6 Å². The summed E-state index contributed by atoms with van der Waals surface area (Å²) in [6, 6.07) is 0. The predicted molar refractivity (Wildman–Crippen MR) is 131 cm³/mol. The van der Waals surface area contributed by atoms with Gasteiger partial charge in [0.2, 0.25) is 0 Å². The Morgan fingerprint density at radius 3 is 1.00 bits per heavy atom. The summed E-state index contributed by atoms with van der Waals surface area (Å²) in [6.45, 7) is 13.7. The first kappa shape index (κ1) is 29.7. The molecule has 0 nitrogen and oxygen atoms in total. The van der Waals surface area contributed by atoms with E-state index in [9.17, 15) is 0 Å². The summed E-state index contributed by atoms with van der Waals surface area (Å²) < 4.78 is 0. The summed E-state index contributed by atoms with van der Waals surface area (Å²) >= 11 is 12.9. The summed E-state index contributed by atoms with van der Waals surface area (Å²) in [5.41, 5.74) is 1.69. The summed E-state index contributed by atoms with van der Waals surface area (Å²) in [4.78, 5) is 0. The predicted octanol–water partition coefficient (Wildman–Crippen LogP) is 10.9. The third-order valence-electron chi connectivity index (χ3n) is 5.07. The Morgan fingerprint density at radius 1 is 0.593 bits per heavy atom. The summed E-state index contributed by atoms with van der Waals surface area (Å²) in [5, 5.41) is 0.692. The van der Waals surface area contributed by atoms with Gasteiger partial charge in [-0.1, -0.05) is 103 Å². The van der Waals surface area contributed by atoms with Crippen molar-refractivity contribution in [3.63, 3.8) is 0 Å². The molecule has 0 aromatic rings. The van der Waals surface area contributed by atoms with Crippen LogP contribution in [0.5, 0.6) is 0 Å². The molecule has 0 aromatic carbocycles. The molecule has 2 saturated carbocycles. The summed E-state index contributed by atoms with van der Waals surface area (Å²) in [7, 11) is 9.09. The molecule has 27 heavy (non-hydrogen) atoms. The van der Waals surface area contributed by atoms with E-state index in [1.54, 1.807) is 0 Å². The molecule has 2 aliphatic rings. The molecule has 7 heteroatoms. The van der Waals surface area contributed by atoms with Crippen LogP contribution in [0.4, 0.5) is 0 Å². The van der Waals surface area contributed by atoms with Crippen LogP contribution < -0.4 is 0 Å². The van der Waals surface area contributed by atoms with Gasteiger partial charge >= 0.3 is 35.0 Å². The quantitative estimate of drug-likeness (QED) is 0.222. The summed E-state index contributed by atoms with van der Waals surface area (Å²) in [6.07, 6.45) is 14.0. The third-order valence-corrected chi connectivity index (χ3v) is 14.6. The molecule has 2 aliphatic carbocycles. The monoisotopic (exact) mass is 588 g/mol. The van der Waals surface area contributed by atoms with E-state index in [-0.39, 0.29) is 30.5 Å². The normalized spacial score (nSPS) is 22.1. The number of halogens is 4. The van der Waals surface area contributed by atoms with Crippen molar-refractivity contribution in [3.05, 3.63) is 0 Å². The Bertz CT molecular complexity index is 326. The van der Waals surface area contributed by atoms with Crippen LogP contribution in [0.15, 0.2) is 0 Å². The topological polar surface area (TPSA) is 0 Å². The van der Waals surface area contributed by atoms with E-state index in [2.05, 4.69) is 41.5 Å². The molecule has 0 saturated heterocycles. The molecule has 0 bridgehead atoms. The second-order valence-electron chi connectivity index (χ2n) is 9.59. The van der Waals surface area contributed by atoms with E-state index < -0.39 is 0 Å². The van der Waals surface area contributed by atoms with Crippen molar-refractivity contribution in [2.45, 2.75) is 127 Å². The Balaban J connectivity index is 0.000000438. The molecule has 2 unspecified atom stereocenters. The number of hydrogen-bond acceptors (Lipinski definition) is 0. The van der Waals surface area contributed by atoms with E-state index in [1.165, 1.54) is 64.2 Å². The van der Waals surface area contributed by atoms with Gasteiger partial charge in [-0.15, -0.1) is 0 Å². The average molecular weight is 591 g/mol. The molecule has 2 fully saturated rings. The zero-order valence-electron chi connectivity index (χ0n) is 17.9. The van der Waals surface area contributed by atoms with Crippen LogP contribution in [0.2, 0.25) is 0 Å². The summed E-state index contributed by atoms with van der Waals surface area (Å²) in [5.74, 6) is 0. The van der Waals surface area contributed by atoms with Gasteiger partial charge in [-0.2, -0.15) is 0 Å². The molecule has 0 amide bonds. The first-order valence-corrected chi connectivity index (χ1v) is 18.8. The molecule has 2 rings (SSSR count). The molecule has 168 valence electrons. The van der Waals surface area contributed by atoms with Crippen LogP contribution in [0.3, 0.4) is 0 Å². The number of hydrogen-bond donors (Lipinski definition) is 0. The van der Waals surface area contributed by atoms with Gasteiger partial charge in [-0.05, 0) is 61.9 Å². The van der Waals surface area contributed by atoms with Crippen molar-refractivity contribution in [2.24, 2.45) is 0 Å². The molecular weight excluding hydrogens is 550 g/mol. The van der Waals surface area contributed by atoms with Gasteiger partial charge < -0.3 is 0 Å². The van der Waals surface area contributed by atoms with Gasteiger partial charge in [-0.3, -0.25) is 0 Å². The van der Waals surface area contributed by atoms with Crippen LogP contribution in [-0.2, 0) is 15.9 Å². The fourth-order valence-corrected chi connectivity index (χ4v) is 8.71. The Hall–Kier alpha value is 2.68. The van der Waals surface area contributed by atoms with E-state index in [0.717, 1.165) is 11.3 Å². The third kappa shape index (κ3) is 13.6. The van der Waals surface area contributed by atoms with Crippen LogP contribution in [0, 0.1) is 0 Å². The van der Waals surface area contributed by atoms with Gasteiger partial charge in [0, 0.05) is 0 Å². The minimum atomic E-state index is -0.268. The maximum atomic E-state index is 6.50. The first-order valence-electron chi connectivity index (χ1n) is 10.2. The average Bonchev–Trinajstić information content (AvgIpc) is 2.61. The maximum absolute atomic E-state index is 6.50. The van der Waals surface area contributed by atoms with Crippen molar-refractivity contribution < 1.29 is 15.9 Å². The molecule has 0 spiro atoms. The van der Waals surface area contributed by atoms with Gasteiger partial charge in [0.15, 0.2) is 0 Å². The fraction of sp³-hybridized carbons (Fsp3) is 1.00. The van der Waals surface area contributed by atoms with Crippen LogP contribution in [0.1, 0.15) is 106 Å². The van der Waals surface area contributed by atoms with Gasteiger partial charge in [0.25, 0.3) is 0 Å². The molecule has 0 N–H and O–H groups in total. The van der Waals surface area contributed by atoms with Crippen LogP contribution >= 0.6 is 56.1 Å². The molecule has 0 heterocycles. The van der Waals surface area contributed by atoms with E-state index in [0.29, 0.717) is 10.3 Å². The van der Waals surface area contributed by atoms with Crippen molar-refractivity contribution in [1.29, 1.82) is 0 Å². The van der Waals surface area contributed by atoms with E-state index in [1.807, 2.05) is 0 Å². The van der Waals surface area contributed by atoms with E-state index >= 15 is 0 Å². The van der Waals surface area contributed by atoms with Gasteiger partial charge in [0.1, 0.15) is 0 Å². The standard InChI is InChI=1S/2C10H20ClP.2ClH.Pd/c2*1-10(2,3)12(11)9-7-5-4-6-8-9;;;/h2*9H,4-8H2,1-3H3;2*1H;/q;;;;+2/p-2. The second-order valence-corrected chi connectivity index (χ2v) is 19.5. The Kier molecular flexibility index (Phi) is 17.0. The van der Waals surface area contributed by atoms with Crippen molar-refractivity contribution in [3.8, 4) is 0 Å². The molecular formula is C20H40Cl4P2Pd. The second kappa shape index (κ2) is 15.5. The van der Waals surface area contributed by atoms with Crippen molar-refractivity contribution >= 4 is 56.1 Å². The molecule has 0 aliphatic heterocycles. The van der Waals surface area contributed by atoms with Gasteiger partial charge in [0.05, 0.1) is 0 Å². The minimum absolute atomic E-state index is 0.106. The molecule has 0 radical (unpaired) electrons. The van der Waals surface area contributed by atoms with E-state index in [4.69, 9.17) is 41.5 Å². The zero-order valence-corrected chi connectivity index (χ0v) is 24.3. The van der Waals surface area contributed by atoms with Crippen molar-refractivity contribution in [2.75, 3.05) is 0 Å². The molecule has 2 atom stereocenters. The molecule has 0 aromatic heterocycles. The zero-order chi connectivity index (χ0) is 21.1.